The second kappa shape index (κ2) is 12.5. The normalized spacial score (nSPS) is 24.1. The van der Waals surface area contributed by atoms with E-state index in [1.54, 1.807) is 0 Å². The fourth-order valence-corrected chi connectivity index (χ4v) is 3.31. The van der Waals surface area contributed by atoms with Crippen LogP contribution in [0.2, 0.25) is 0 Å². The zero-order valence-electron chi connectivity index (χ0n) is 16.1. The molecule has 1 aliphatic carbocycles. The van der Waals surface area contributed by atoms with Crippen LogP contribution in [0, 0.1) is 0 Å². The molecule has 0 aromatic rings. The summed E-state index contributed by atoms with van der Waals surface area (Å²) in [6.45, 7) is 8.63. The van der Waals surface area contributed by atoms with Gasteiger partial charge in [0, 0.05) is 19.2 Å². The van der Waals surface area contributed by atoms with Gasteiger partial charge in [-0.05, 0) is 33.1 Å². The second-order valence-corrected chi connectivity index (χ2v) is 7.11. The van der Waals surface area contributed by atoms with E-state index in [1.807, 2.05) is 0 Å². The molecule has 0 amide bonds. The zero-order valence-corrected chi connectivity index (χ0v) is 16.1. The highest BCUT2D eigenvalue weighted by molar-refractivity contribution is 5.80. The fraction of sp³-hybridized carbons (Fsp3) is 0.947. The van der Waals surface area contributed by atoms with Gasteiger partial charge in [0.05, 0.1) is 38.6 Å². The van der Waals surface area contributed by atoms with E-state index >= 15 is 0 Å². The van der Waals surface area contributed by atoms with Gasteiger partial charge in [0.2, 0.25) is 0 Å². The third-order valence-electron chi connectivity index (χ3n) is 4.71. The molecule has 1 aliphatic heterocycles. The predicted octanol–water partition coefficient (Wildman–Crippen LogP) is 2.47. The van der Waals surface area contributed by atoms with Gasteiger partial charge in [-0.2, -0.15) is 0 Å². The Labute approximate surface area is 153 Å². The average Bonchev–Trinajstić information content (AvgIpc) is 2.99. The molecular formula is C19H37N3O3. The molecule has 1 heterocycles. The Hall–Kier alpha value is -0.850. The first-order chi connectivity index (χ1) is 12.3. The van der Waals surface area contributed by atoms with E-state index in [1.165, 1.54) is 38.5 Å². The average molecular weight is 356 g/mol. The zero-order chi connectivity index (χ0) is 17.7. The summed E-state index contributed by atoms with van der Waals surface area (Å²) in [5.41, 5.74) is 0. The van der Waals surface area contributed by atoms with E-state index in [0.717, 1.165) is 32.1 Å². The summed E-state index contributed by atoms with van der Waals surface area (Å²) in [7, 11) is 0. The van der Waals surface area contributed by atoms with Crippen molar-refractivity contribution < 1.29 is 14.2 Å². The smallest absolute Gasteiger partial charge is 0.191 e. The van der Waals surface area contributed by atoms with Gasteiger partial charge in [-0.15, -0.1) is 0 Å². The van der Waals surface area contributed by atoms with Crippen LogP contribution in [0.4, 0.5) is 0 Å². The van der Waals surface area contributed by atoms with Crippen molar-refractivity contribution in [3.63, 3.8) is 0 Å². The highest BCUT2D eigenvalue weighted by Gasteiger charge is 2.17. The molecule has 2 N–H and O–H groups in total. The Bertz CT molecular complexity index is 365. The van der Waals surface area contributed by atoms with Crippen LogP contribution in [-0.4, -0.2) is 63.7 Å². The Morgan fingerprint density at radius 1 is 1.12 bits per heavy atom. The van der Waals surface area contributed by atoms with E-state index in [-0.39, 0.29) is 12.1 Å². The van der Waals surface area contributed by atoms with Crippen molar-refractivity contribution >= 4 is 5.96 Å². The number of guanidine groups is 1. The van der Waals surface area contributed by atoms with Gasteiger partial charge < -0.3 is 24.8 Å². The van der Waals surface area contributed by atoms with Gasteiger partial charge in [-0.3, -0.25) is 4.99 Å². The Balaban J connectivity index is 1.63. The molecule has 0 spiro atoms. The summed E-state index contributed by atoms with van der Waals surface area (Å²) < 4.78 is 17.2. The number of ether oxygens (including phenoxy) is 3. The van der Waals surface area contributed by atoms with Crippen molar-refractivity contribution in [2.75, 3.05) is 39.5 Å². The minimum Gasteiger partial charge on any atom is -0.379 e. The number of aliphatic imine (C=N–C) groups is 1. The summed E-state index contributed by atoms with van der Waals surface area (Å²) in [5, 5.41) is 6.70. The van der Waals surface area contributed by atoms with Gasteiger partial charge in [-0.25, -0.2) is 0 Å². The number of nitrogens with zero attached hydrogens (tertiary/aromatic N) is 1. The Kier molecular flexibility index (Phi) is 10.2. The summed E-state index contributed by atoms with van der Waals surface area (Å²) in [4.78, 5) is 4.63. The maximum Gasteiger partial charge on any atom is 0.191 e. The molecule has 2 rings (SSSR count). The Morgan fingerprint density at radius 2 is 1.92 bits per heavy atom. The molecule has 0 aromatic carbocycles. The third-order valence-corrected chi connectivity index (χ3v) is 4.71. The van der Waals surface area contributed by atoms with Gasteiger partial charge in [0.1, 0.15) is 0 Å². The van der Waals surface area contributed by atoms with E-state index in [0.29, 0.717) is 25.9 Å². The number of hydrogen-bond donors (Lipinski definition) is 2. The highest BCUT2D eigenvalue weighted by atomic mass is 16.5. The van der Waals surface area contributed by atoms with Gasteiger partial charge in [0.15, 0.2) is 5.96 Å². The van der Waals surface area contributed by atoms with Crippen LogP contribution in [0.25, 0.3) is 0 Å². The maximum absolute atomic E-state index is 6.01. The lowest BCUT2D eigenvalue weighted by atomic mass is 10.1. The minimum absolute atomic E-state index is 0.209. The van der Waals surface area contributed by atoms with Crippen molar-refractivity contribution in [2.24, 2.45) is 4.99 Å². The molecule has 1 saturated heterocycles. The van der Waals surface area contributed by atoms with Crippen molar-refractivity contribution in [1.29, 1.82) is 0 Å². The maximum atomic E-state index is 6.01. The molecule has 146 valence electrons. The van der Waals surface area contributed by atoms with Crippen molar-refractivity contribution in [3.8, 4) is 0 Å². The molecule has 0 aromatic heterocycles. The van der Waals surface area contributed by atoms with E-state index in [2.05, 4.69) is 29.5 Å². The van der Waals surface area contributed by atoms with E-state index < -0.39 is 0 Å². The fourth-order valence-electron chi connectivity index (χ4n) is 3.31. The summed E-state index contributed by atoms with van der Waals surface area (Å²) >= 11 is 0. The number of hydrogen-bond acceptors (Lipinski definition) is 4. The summed E-state index contributed by atoms with van der Waals surface area (Å²) in [5.74, 6) is 0.839. The van der Waals surface area contributed by atoms with Crippen LogP contribution in [0.5, 0.6) is 0 Å². The third kappa shape index (κ3) is 8.88. The highest BCUT2D eigenvalue weighted by Crippen LogP contribution is 2.19. The number of rotatable bonds is 9. The Morgan fingerprint density at radius 3 is 2.60 bits per heavy atom. The molecule has 6 heteroatoms. The van der Waals surface area contributed by atoms with Gasteiger partial charge in [-0.1, -0.05) is 25.7 Å². The molecule has 6 nitrogen and oxygen atoms in total. The molecule has 2 aliphatic rings. The van der Waals surface area contributed by atoms with Gasteiger partial charge >= 0.3 is 0 Å². The van der Waals surface area contributed by atoms with Crippen LogP contribution in [-0.2, 0) is 14.2 Å². The number of nitrogens with one attached hydrogen (secondary N) is 2. The standard InChI is InChI=1S/C19H37N3O3/c1-3-20-19(22-16(2)14-25-18-10-12-23-15-18)21-11-13-24-17-8-6-4-5-7-9-17/h16-18H,3-15H2,1-2H3,(H2,20,21,22). The lowest BCUT2D eigenvalue weighted by Crippen LogP contribution is -2.44. The molecule has 25 heavy (non-hydrogen) atoms. The van der Waals surface area contributed by atoms with Crippen molar-refractivity contribution in [2.45, 2.75) is 77.0 Å². The minimum atomic E-state index is 0.209. The first-order valence-corrected chi connectivity index (χ1v) is 10.1. The summed E-state index contributed by atoms with van der Waals surface area (Å²) in [6.07, 6.45) is 9.44. The van der Waals surface area contributed by atoms with Crippen LogP contribution in [0.15, 0.2) is 4.99 Å². The lowest BCUT2D eigenvalue weighted by Gasteiger charge is -2.20. The van der Waals surface area contributed by atoms with Crippen molar-refractivity contribution in [3.05, 3.63) is 0 Å². The van der Waals surface area contributed by atoms with Crippen LogP contribution >= 0.6 is 0 Å². The predicted molar refractivity (Wildman–Crippen MR) is 101 cm³/mol. The van der Waals surface area contributed by atoms with E-state index in [9.17, 15) is 0 Å². The molecular weight excluding hydrogens is 318 g/mol. The SMILES string of the molecule is CCNC(=NCCOC1CCCCCC1)NC(C)COC1CCOC1. The van der Waals surface area contributed by atoms with Crippen LogP contribution in [0.1, 0.15) is 58.8 Å². The van der Waals surface area contributed by atoms with Crippen molar-refractivity contribution in [1.82, 2.24) is 10.6 Å². The molecule has 2 atom stereocenters. The monoisotopic (exact) mass is 355 g/mol. The molecule has 2 unspecified atom stereocenters. The van der Waals surface area contributed by atoms with Crippen LogP contribution < -0.4 is 10.6 Å². The van der Waals surface area contributed by atoms with Crippen LogP contribution in [0.3, 0.4) is 0 Å². The lowest BCUT2D eigenvalue weighted by molar-refractivity contribution is 0.0347. The molecule has 0 bridgehead atoms. The first kappa shape index (κ1) is 20.5. The quantitative estimate of drug-likeness (QED) is 0.288. The first-order valence-electron chi connectivity index (χ1n) is 10.1. The molecule has 0 radical (unpaired) electrons. The molecule has 2 fully saturated rings. The topological polar surface area (TPSA) is 64.1 Å². The second-order valence-electron chi connectivity index (χ2n) is 7.11. The summed E-state index contributed by atoms with van der Waals surface area (Å²) in [6, 6.07) is 0.209. The van der Waals surface area contributed by atoms with E-state index in [4.69, 9.17) is 14.2 Å². The largest absolute Gasteiger partial charge is 0.379 e. The van der Waals surface area contributed by atoms with Gasteiger partial charge in [0.25, 0.3) is 0 Å². The molecule has 1 saturated carbocycles.